The third-order valence-corrected chi connectivity index (χ3v) is 4.11. The summed E-state index contributed by atoms with van der Waals surface area (Å²) in [4.78, 5) is 25.0. The van der Waals surface area contributed by atoms with Crippen LogP contribution in [0.5, 0.6) is 0 Å². The van der Waals surface area contributed by atoms with E-state index in [9.17, 15) is 14.7 Å². The van der Waals surface area contributed by atoms with E-state index in [0.717, 1.165) is 32.5 Å². The number of carbonyl (C=O) groups excluding carboxylic acids is 1. The molecule has 0 aromatic rings. The molecule has 19 heavy (non-hydrogen) atoms. The number of hydrogen-bond donors (Lipinski definition) is 2. The monoisotopic (exact) mass is 270 g/mol. The van der Waals surface area contributed by atoms with Crippen molar-refractivity contribution in [3.63, 3.8) is 0 Å². The number of likely N-dealkylation sites (tertiary alicyclic amines) is 1. The predicted molar refractivity (Wildman–Crippen MR) is 73.9 cm³/mol. The highest BCUT2D eigenvalue weighted by atomic mass is 16.4. The molecule has 0 saturated carbocycles. The van der Waals surface area contributed by atoms with Crippen LogP contribution in [-0.4, -0.2) is 48.1 Å². The first-order chi connectivity index (χ1) is 8.87. The lowest BCUT2D eigenvalue weighted by Crippen LogP contribution is -2.45. The minimum absolute atomic E-state index is 0.0714. The van der Waals surface area contributed by atoms with Crippen molar-refractivity contribution in [3.8, 4) is 0 Å². The molecule has 1 heterocycles. The van der Waals surface area contributed by atoms with Gasteiger partial charge in [-0.05, 0) is 46.1 Å². The van der Waals surface area contributed by atoms with Crippen LogP contribution in [0.2, 0.25) is 0 Å². The lowest BCUT2D eigenvalue weighted by molar-refractivity contribution is -0.151. The number of aliphatic carboxylic acids is 1. The Hall–Kier alpha value is -1.10. The lowest BCUT2D eigenvalue weighted by Gasteiger charge is -2.39. The summed E-state index contributed by atoms with van der Waals surface area (Å²) in [5.41, 5.74) is -0.690. The minimum Gasteiger partial charge on any atom is -0.481 e. The maximum Gasteiger partial charge on any atom is 0.309 e. The van der Waals surface area contributed by atoms with Crippen molar-refractivity contribution in [1.29, 1.82) is 0 Å². The van der Waals surface area contributed by atoms with Crippen LogP contribution in [0, 0.1) is 11.3 Å². The van der Waals surface area contributed by atoms with E-state index in [-0.39, 0.29) is 11.8 Å². The van der Waals surface area contributed by atoms with Crippen molar-refractivity contribution >= 4 is 11.9 Å². The van der Waals surface area contributed by atoms with E-state index in [1.165, 1.54) is 0 Å². The Morgan fingerprint density at radius 2 is 2.11 bits per heavy atom. The molecule has 0 radical (unpaired) electrons. The summed E-state index contributed by atoms with van der Waals surface area (Å²) in [6.07, 6.45) is 2.46. The zero-order chi connectivity index (χ0) is 14.5. The molecule has 1 unspecified atom stereocenters. The number of carboxylic acids is 1. The molecule has 0 aromatic carbocycles. The molecule has 5 nitrogen and oxygen atoms in total. The summed E-state index contributed by atoms with van der Waals surface area (Å²) < 4.78 is 0. The SMILES string of the molecule is CCNC(=O)CCN1CCCC(C(C)(C)C(=O)O)C1. The molecular formula is C14H26N2O3. The Labute approximate surface area is 115 Å². The smallest absolute Gasteiger partial charge is 0.309 e. The highest BCUT2D eigenvalue weighted by molar-refractivity contribution is 5.76. The number of nitrogens with one attached hydrogen (secondary N) is 1. The fourth-order valence-electron chi connectivity index (χ4n) is 2.57. The van der Waals surface area contributed by atoms with E-state index in [1.54, 1.807) is 13.8 Å². The van der Waals surface area contributed by atoms with Gasteiger partial charge in [0.05, 0.1) is 5.41 Å². The molecule has 0 aliphatic carbocycles. The van der Waals surface area contributed by atoms with E-state index in [0.29, 0.717) is 13.0 Å². The number of rotatable bonds is 6. The first kappa shape index (κ1) is 16.0. The van der Waals surface area contributed by atoms with Crippen LogP contribution in [0.15, 0.2) is 0 Å². The lowest BCUT2D eigenvalue weighted by atomic mass is 9.74. The third kappa shape index (κ3) is 4.49. The Bertz CT molecular complexity index is 329. The number of piperidine rings is 1. The van der Waals surface area contributed by atoms with Crippen LogP contribution in [0.4, 0.5) is 0 Å². The van der Waals surface area contributed by atoms with Crippen molar-refractivity contribution in [3.05, 3.63) is 0 Å². The fourth-order valence-corrected chi connectivity index (χ4v) is 2.57. The summed E-state index contributed by atoms with van der Waals surface area (Å²) in [6, 6.07) is 0. The molecule has 5 heteroatoms. The van der Waals surface area contributed by atoms with Crippen molar-refractivity contribution in [2.24, 2.45) is 11.3 Å². The minimum atomic E-state index is -0.733. The van der Waals surface area contributed by atoms with Crippen LogP contribution in [0.3, 0.4) is 0 Å². The molecule has 2 N–H and O–H groups in total. The molecule has 1 aliphatic heterocycles. The second-order valence-electron chi connectivity index (χ2n) is 5.87. The predicted octanol–water partition coefficient (Wildman–Crippen LogP) is 1.34. The molecule has 1 fully saturated rings. The second-order valence-corrected chi connectivity index (χ2v) is 5.87. The number of amides is 1. The normalized spacial score (nSPS) is 21.1. The highest BCUT2D eigenvalue weighted by Gasteiger charge is 2.38. The molecule has 1 saturated heterocycles. The average Bonchev–Trinajstić information content (AvgIpc) is 2.37. The van der Waals surface area contributed by atoms with Crippen LogP contribution < -0.4 is 5.32 Å². The first-order valence-corrected chi connectivity index (χ1v) is 7.10. The van der Waals surface area contributed by atoms with Gasteiger partial charge in [0.25, 0.3) is 0 Å². The number of nitrogens with zero attached hydrogens (tertiary/aromatic N) is 1. The van der Waals surface area contributed by atoms with Gasteiger partial charge in [0.15, 0.2) is 0 Å². The van der Waals surface area contributed by atoms with E-state index in [1.807, 2.05) is 6.92 Å². The van der Waals surface area contributed by atoms with Gasteiger partial charge in [-0.25, -0.2) is 0 Å². The van der Waals surface area contributed by atoms with Crippen molar-refractivity contribution in [2.75, 3.05) is 26.2 Å². The molecule has 1 aliphatic rings. The molecule has 1 rings (SSSR count). The van der Waals surface area contributed by atoms with Crippen molar-refractivity contribution in [1.82, 2.24) is 10.2 Å². The van der Waals surface area contributed by atoms with Gasteiger partial charge in [0.1, 0.15) is 0 Å². The zero-order valence-electron chi connectivity index (χ0n) is 12.2. The topological polar surface area (TPSA) is 69.6 Å². The maximum atomic E-state index is 11.4. The molecule has 110 valence electrons. The van der Waals surface area contributed by atoms with Crippen molar-refractivity contribution < 1.29 is 14.7 Å². The van der Waals surface area contributed by atoms with Gasteiger partial charge in [-0.3, -0.25) is 9.59 Å². The number of carboxylic acid groups (broad SMARTS) is 1. The summed E-state index contributed by atoms with van der Waals surface area (Å²) in [5.74, 6) is -0.502. The van der Waals surface area contributed by atoms with Gasteiger partial charge in [0, 0.05) is 26.1 Å². The van der Waals surface area contributed by atoms with E-state index < -0.39 is 11.4 Å². The van der Waals surface area contributed by atoms with E-state index in [2.05, 4.69) is 10.2 Å². The number of carbonyl (C=O) groups is 2. The Morgan fingerprint density at radius 3 is 2.68 bits per heavy atom. The first-order valence-electron chi connectivity index (χ1n) is 7.10. The molecule has 1 atom stereocenters. The van der Waals surface area contributed by atoms with Gasteiger partial charge < -0.3 is 15.3 Å². The summed E-state index contributed by atoms with van der Waals surface area (Å²) in [6.45, 7) is 8.63. The largest absolute Gasteiger partial charge is 0.481 e. The summed E-state index contributed by atoms with van der Waals surface area (Å²) in [7, 11) is 0. The van der Waals surface area contributed by atoms with Gasteiger partial charge >= 0.3 is 5.97 Å². The van der Waals surface area contributed by atoms with Gasteiger partial charge in [-0.1, -0.05) is 0 Å². The van der Waals surface area contributed by atoms with Gasteiger partial charge in [0.2, 0.25) is 5.91 Å². The van der Waals surface area contributed by atoms with E-state index >= 15 is 0 Å². The molecule has 0 aromatic heterocycles. The summed E-state index contributed by atoms with van der Waals surface area (Å²) in [5, 5.41) is 12.1. The van der Waals surface area contributed by atoms with Crippen molar-refractivity contribution in [2.45, 2.75) is 40.0 Å². The zero-order valence-corrected chi connectivity index (χ0v) is 12.2. The Balaban J connectivity index is 2.46. The molecule has 0 spiro atoms. The Morgan fingerprint density at radius 1 is 1.42 bits per heavy atom. The average molecular weight is 270 g/mol. The fraction of sp³-hybridized carbons (Fsp3) is 0.857. The summed E-state index contributed by atoms with van der Waals surface area (Å²) >= 11 is 0. The van der Waals surface area contributed by atoms with Gasteiger partial charge in [-0.15, -0.1) is 0 Å². The molecular weight excluding hydrogens is 244 g/mol. The Kier molecular flexibility index (Phi) is 5.79. The second kappa shape index (κ2) is 6.89. The van der Waals surface area contributed by atoms with E-state index in [4.69, 9.17) is 0 Å². The highest BCUT2D eigenvalue weighted by Crippen LogP contribution is 2.34. The molecule has 1 amide bonds. The van der Waals surface area contributed by atoms with Crippen LogP contribution >= 0.6 is 0 Å². The molecule has 0 bridgehead atoms. The third-order valence-electron chi connectivity index (χ3n) is 4.11. The van der Waals surface area contributed by atoms with Crippen LogP contribution in [0.25, 0.3) is 0 Å². The van der Waals surface area contributed by atoms with Crippen LogP contribution in [0.1, 0.15) is 40.0 Å². The number of hydrogen-bond acceptors (Lipinski definition) is 3. The van der Waals surface area contributed by atoms with Crippen LogP contribution in [-0.2, 0) is 9.59 Å². The standard InChI is InChI=1S/C14H26N2O3/c1-4-15-12(17)7-9-16-8-5-6-11(10-16)14(2,3)13(18)19/h11H,4-10H2,1-3H3,(H,15,17)(H,18,19). The van der Waals surface area contributed by atoms with Gasteiger partial charge in [-0.2, -0.15) is 0 Å². The quantitative estimate of drug-likeness (QED) is 0.764. The maximum absolute atomic E-state index is 11.4.